The van der Waals surface area contributed by atoms with Gasteiger partial charge in [0.05, 0.1) is 18.2 Å². The van der Waals surface area contributed by atoms with Crippen LogP contribution in [-0.4, -0.2) is 5.78 Å². The van der Waals surface area contributed by atoms with Crippen molar-refractivity contribution in [1.29, 1.82) is 0 Å². The van der Waals surface area contributed by atoms with E-state index in [9.17, 15) is 4.79 Å². The fourth-order valence-corrected chi connectivity index (χ4v) is 2.77. The van der Waals surface area contributed by atoms with E-state index in [-0.39, 0.29) is 5.78 Å². The number of rotatable bonds is 3. The van der Waals surface area contributed by atoms with E-state index < -0.39 is 0 Å². The van der Waals surface area contributed by atoms with Crippen LogP contribution in [0.3, 0.4) is 0 Å². The van der Waals surface area contributed by atoms with E-state index in [4.69, 9.17) is 5.73 Å². The summed E-state index contributed by atoms with van der Waals surface area (Å²) in [4.78, 5) is 11.1. The van der Waals surface area contributed by atoms with E-state index in [1.165, 1.54) is 16.7 Å². The molecule has 20 heavy (non-hydrogen) atoms. The zero-order chi connectivity index (χ0) is 14.7. The molecule has 0 aliphatic heterocycles. The Bertz CT molecular complexity index is 546. The molecule has 1 unspecified atom stereocenters. The van der Waals surface area contributed by atoms with Crippen molar-refractivity contribution in [2.75, 3.05) is 0 Å². The van der Waals surface area contributed by atoms with E-state index in [1.807, 2.05) is 13.8 Å². The third-order valence-electron chi connectivity index (χ3n) is 4.01. The molecule has 0 saturated carbocycles. The van der Waals surface area contributed by atoms with Crippen LogP contribution < -0.4 is 11.1 Å². The number of fused-ring (bicyclic) bond motifs is 1. The van der Waals surface area contributed by atoms with Crippen LogP contribution in [0.2, 0.25) is 0 Å². The van der Waals surface area contributed by atoms with Gasteiger partial charge >= 0.3 is 0 Å². The molecule has 3 rings (SSSR count). The van der Waals surface area contributed by atoms with E-state index in [1.54, 1.807) is 0 Å². The molecule has 0 fully saturated rings. The Kier molecular flexibility index (Phi) is 4.48. The van der Waals surface area contributed by atoms with Crippen molar-refractivity contribution in [2.45, 2.75) is 52.5 Å². The molecule has 0 amide bonds. The van der Waals surface area contributed by atoms with Gasteiger partial charge in [-0.1, -0.05) is 39.0 Å². The van der Waals surface area contributed by atoms with Gasteiger partial charge in [-0.3, -0.25) is 4.79 Å². The van der Waals surface area contributed by atoms with Gasteiger partial charge in [0.15, 0.2) is 5.78 Å². The van der Waals surface area contributed by atoms with Crippen LogP contribution >= 0.6 is 0 Å². The Labute approximate surface area is 121 Å². The molecule has 1 aromatic carbocycles. The maximum Gasteiger partial charge on any atom is 0.186 e. The maximum atomic E-state index is 11.1. The number of nitrogens with two attached hydrogens (primary N) is 1. The third-order valence-corrected chi connectivity index (χ3v) is 4.01. The summed E-state index contributed by atoms with van der Waals surface area (Å²) in [5.41, 5.74) is 11.2. The summed E-state index contributed by atoms with van der Waals surface area (Å²) < 4.78 is 0. The number of carbonyl (C=O) groups excluding carboxylic acids is 1. The first kappa shape index (κ1) is 14.6. The summed E-state index contributed by atoms with van der Waals surface area (Å²) in [7, 11) is 0. The third kappa shape index (κ3) is 2.58. The average molecular weight is 272 g/mol. The van der Waals surface area contributed by atoms with Crippen molar-refractivity contribution in [3.05, 3.63) is 46.3 Å². The van der Waals surface area contributed by atoms with Crippen LogP contribution in [-0.2, 0) is 17.6 Å². The summed E-state index contributed by atoms with van der Waals surface area (Å²) in [5.74, 6) is 0.0676. The minimum absolute atomic E-state index is 0.0676. The number of aryl methyl sites for hydroxylation is 2. The van der Waals surface area contributed by atoms with Gasteiger partial charge in [-0.25, -0.2) is 0 Å². The molecule has 2 aliphatic carbocycles. The minimum atomic E-state index is 0.0676. The SMILES string of the molecule is CC.CCc1ccc2c(c1)C(NC1=C(N)C(=O)C1)CC2. The maximum absolute atomic E-state index is 11.1. The summed E-state index contributed by atoms with van der Waals surface area (Å²) >= 11 is 0. The monoisotopic (exact) mass is 272 g/mol. The highest BCUT2D eigenvalue weighted by atomic mass is 16.1. The second kappa shape index (κ2) is 6.12. The molecule has 3 heteroatoms. The first-order valence-electron chi connectivity index (χ1n) is 7.59. The molecule has 1 atom stereocenters. The second-order valence-corrected chi connectivity index (χ2v) is 5.11. The van der Waals surface area contributed by atoms with Gasteiger partial charge in [-0.15, -0.1) is 0 Å². The predicted molar refractivity (Wildman–Crippen MR) is 82.2 cm³/mol. The molecule has 0 radical (unpaired) electrons. The fourth-order valence-electron chi connectivity index (χ4n) is 2.77. The molecule has 0 bridgehead atoms. The summed E-state index contributed by atoms with van der Waals surface area (Å²) in [6, 6.07) is 7.06. The molecular weight excluding hydrogens is 248 g/mol. The Morgan fingerprint density at radius 1 is 1.35 bits per heavy atom. The van der Waals surface area contributed by atoms with Crippen molar-refractivity contribution in [3.8, 4) is 0 Å². The molecule has 3 nitrogen and oxygen atoms in total. The highest BCUT2D eigenvalue weighted by molar-refractivity contribution is 6.03. The van der Waals surface area contributed by atoms with Crippen LogP contribution in [0.4, 0.5) is 0 Å². The van der Waals surface area contributed by atoms with Crippen LogP contribution in [0.5, 0.6) is 0 Å². The smallest absolute Gasteiger partial charge is 0.186 e. The summed E-state index contributed by atoms with van der Waals surface area (Å²) in [6.45, 7) is 6.17. The van der Waals surface area contributed by atoms with Crippen LogP contribution in [0.1, 0.15) is 56.3 Å². The van der Waals surface area contributed by atoms with Gasteiger partial charge in [-0.2, -0.15) is 0 Å². The van der Waals surface area contributed by atoms with Gasteiger partial charge < -0.3 is 11.1 Å². The lowest BCUT2D eigenvalue weighted by Gasteiger charge is -2.25. The van der Waals surface area contributed by atoms with Gasteiger partial charge in [0.25, 0.3) is 0 Å². The number of nitrogens with one attached hydrogen (secondary N) is 1. The van der Waals surface area contributed by atoms with E-state index in [0.717, 1.165) is 25.0 Å². The molecule has 0 aromatic heterocycles. The minimum Gasteiger partial charge on any atom is -0.394 e. The summed E-state index contributed by atoms with van der Waals surface area (Å²) in [6.07, 6.45) is 3.74. The van der Waals surface area contributed by atoms with Crippen LogP contribution in [0.15, 0.2) is 29.6 Å². The molecule has 3 N–H and O–H groups in total. The Morgan fingerprint density at radius 3 is 2.70 bits per heavy atom. The van der Waals surface area contributed by atoms with E-state index >= 15 is 0 Å². The molecule has 2 aliphatic rings. The lowest BCUT2D eigenvalue weighted by atomic mass is 9.97. The lowest BCUT2D eigenvalue weighted by molar-refractivity contribution is -0.116. The zero-order valence-corrected chi connectivity index (χ0v) is 12.6. The zero-order valence-electron chi connectivity index (χ0n) is 12.6. The van der Waals surface area contributed by atoms with Crippen LogP contribution in [0.25, 0.3) is 0 Å². The highest BCUT2D eigenvalue weighted by Gasteiger charge is 2.29. The Hall–Kier alpha value is -1.77. The summed E-state index contributed by atoms with van der Waals surface area (Å²) in [5, 5.41) is 3.44. The highest BCUT2D eigenvalue weighted by Crippen LogP contribution is 2.34. The number of benzene rings is 1. The van der Waals surface area contributed by atoms with Crippen molar-refractivity contribution >= 4 is 5.78 Å². The van der Waals surface area contributed by atoms with E-state index in [0.29, 0.717) is 18.2 Å². The van der Waals surface area contributed by atoms with Crippen molar-refractivity contribution in [2.24, 2.45) is 5.73 Å². The number of carbonyl (C=O) groups is 1. The first-order chi connectivity index (χ1) is 9.69. The topological polar surface area (TPSA) is 55.1 Å². The number of allylic oxidation sites excluding steroid dienone is 2. The molecule has 0 spiro atoms. The number of hydrogen-bond donors (Lipinski definition) is 2. The fraction of sp³-hybridized carbons (Fsp3) is 0.471. The molecular formula is C17H24N2O. The van der Waals surface area contributed by atoms with Crippen molar-refractivity contribution < 1.29 is 4.79 Å². The molecule has 0 heterocycles. The Balaban J connectivity index is 0.000000704. The second-order valence-electron chi connectivity index (χ2n) is 5.11. The van der Waals surface area contributed by atoms with Crippen LogP contribution in [0, 0.1) is 0 Å². The lowest BCUT2D eigenvalue weighted by Crippen LogP contribution is -2.34. The standard InChI is InChI=1S/C15H18N2O.C2H6/c1-2-9-3-4-10-5-6-12(11(10)7-9)17-13-8-14(18)15(13)16;1-2/h3-4,7,12,17H,2,5-6,8,16H2,1H3;1-2H3. The average Bonchev–Trinajstić information content (AvgIpc) is 2.91. The quantitative estimate of drug-likeness (QED) is 0.889. The molecule has 0 saturated heterocycles. The van der Waals surface area contributed by atoms with Gasteiger partial charge in [0.2, 0.25) is 0 Å². The van der Waals surface area contributed by atoms with Crippen molar-refractivity contribution in [3.63, 3.8) is 0 Å². The van der Waals surface area contributed by atoms with Gasteiger partial charge in [0, 0.05) is 5.70 Å². The number of hydrogen-bond acceptors (Lipinski definition) is 3. The van der Waals surface area contributed by atoms with Crippen molar-refractivity contribution in [1.82, 2.24) is 5.32 Å². The largest absolute Gasteiger partial charge is 0.394 e. The number of ketones is 1. The van der Waals surface area contributed by atoms with Gasteiger partial charge in [-0.05, 0) is 36.0 Å². The predicted octanol–water partition coefficient (Wildman–Crippen LogP) is 3.00. The first-order valence-corrected chi connectivity index (χ1v) is 7.59. The normalized spacial score (nSPS) is 19.9. The van der Waals surface area contributed by atoms with Gasteiger partial charge in [0.1, 0.15) is 0 Å². The molecule has 108 valence electrons. The van der Waals surface area contributed by atoms with E-state index in [2.05, 4.69) is 30.4 Å². The number of Topliss-reactive ketones (excluding diaryl/α,β-unsaturated/α-hetero) is 1. The Morgan fingerprint density at radius 2 is 2.10 bits per heavy atom. The molecule has 1 aromatic rings.